The van der Waals surface area contributed by atoms with Crippen molar-refractivity contribution in [3.63, 3.8) is 0 Å². The Hall–Kier alpha value is -3.79. The van der Waals surface area contributed by atoms with Crippen molar-refractivity contribution in [1.82, 2.24) is 20.2 Å². The first-order valence-electron chi connectivity index (χ1n) is 9.42. The van der Waals surface area contributed by atoms with Crippen LogP contribution in [0.25, 0.3) is 17.1 Å². The standard InChI is InChI=1S/C22H16F3N5OS/c23-16-11-12-17(20(25)19(16)24)26-27-18(31)13-32-22-29-28-21(14-7-3-1-4-8-14)30(22)15-9-5-2-6-10-15/h1-12,26H,13H2,(H,27,31). The molecule has 0 saturated heterocycles. The number of hydrogen-bond donors (Lipinski definition) is 2. The molecule has 1 aromatic heterocycles. The molecule has 1 heterocycles. The van der Waals surface area contributed by atoms with Crippen molar-refractivity contribution in [1.29, 1.82) is 0 Å². The minimum absolute atomic E-state index is 0.0853. The number of benzene rings is 3. The third kappa shape index (κ3) is 4.59. The molecular weight excluding hydrogens is 439 g/mol. The van der Waals surface area contributed by atoms with Gasteiger partial charge in [0.25, 0.3) is 0 Å². The zero-order valence-corrected chi connectivity index (χ0v) is 17.2. The first-order valence-corrected chi connectivity index (χ1v) is 10.4. The first kappa shape index (κ1) is 21.4. The van der Waals surface area contributed by atoms with Gasteiger partial charge in [-0.3, -0.25) is 20.2 Å². The fourth-order valence-corrected chi connectivity index (χ4v) is 3.63. The molecular formula is C22H16F3N5OS. The Labute approximate surface area is 185 Å². The SMILES string of the molecule is O=C(CSc1nnc(-c2ccccc2)n1-c1ccccc1)NNc1ccc(F)c(F)c1F. The van der Waals surface area contributed by atoms with Crippen LogP contribution in [0.3, 0.4) is 0 Å². The second-order valence-corrected chi connectivity index (χ2v) is 7.47. The van der Waals surface area contributed by atoms with Gasteiger partial charge in [-0.05, 0) is 24.3 Å². The lowest BCUT2D eigenvalue weighted by atomic mass is 10.2. The van der Waals surface area contributed by atoms with Gasteiger partial charge in [0.15, 0.2) is 28.4 Å². The van der Waals surface area contributed by atoms with Gasteiger partial charge in [0.2, 0.25) is 5.91 Å². The van der Waals surface area contributed by atoms with Crippen molar-refractivity contribution < 1.29 is 18.0 Å². The third-order valence-electron chi connectivity index (χ3n) is 4.38. The van der Waals surface area contributed by atoms with Crippen LogP contribution in [-0.4, -0.2) is 26.4 Å². The lowest BCUT2D eigenvalue weighted by Gasteiger charge is -2.11. The van der Waals surface area contributed by atoms with Crippen LogP contribution in [0.15, 0.2) is 78.0 Å². The maximum absolute atomic E-state index is 13.7. The van der Waals surface area contributed by atoms with Crippen LogP contribution >= 0.6 is 11.8 Å². The van der Waals surface area contributed by atoms with E-state index >= 15 is 0 Å². The summed E-state index contributed by atoms with van der Waals surface area (Å²) in [6.45, 7) is 0. The topological polar surface area (TPSA) is 71.8 Å². The summed E-state index contributed by atoms with van der Waals surface area (Å²) in [7, 11) is 0. The van der Waals surface area contributed by atoms with E-state index in [1.54, 1.807) is 0 Å². The van der Waals surface area contributed by atoms with Crippen molar-refractivity contribution >= 4 is 23.4 Å². The average Bonchev–Trinajstić information content (AvgIpc) is 3.26. The molecule has 0 radical (unpaired) electrons. The van der Waals surface area contributed by atoms with E-state index in [9.17, 15) is 18.0 Å². The number of carbonyl (C=O) groups excluding carboxylic acids is 1. The lowest BCUT2D eigenvalue weighted by molar-refractivity contribution is -0.118. The second kappa shape index (κ2) is 9.56. The maximum Gasteiger partial charge on any atom is 0.248 e. The maximum atomic E-state index is 13.7. The fourth-order valence-electron chi connectivity index (χ4n) is 2.87. The van der Waals surface area contributed by atoms with Crippen LogP contribution in [-0.2, 0) is 4.79 Å². The van der Waals surface area contributed by atoms with Gasteiger partial charge in [-0.1, -0.05) is 60.3 Å². The van der Waals surface area contributed by atoms with Gasteiger partial charge in [-0.25, -0.2) is 13.2 Å². The number of hydrazine groups is 1. The molecule has 0 saturated carbocycles. The van der Waals surface area contributed by atoms with Crippen molar-refractivity contribution in [3.8, 4) is 17.1 Å². The summed E-state index contributed by atoms with van der Waals surface area (Å²) in [6.07, 6.45) is 0. The largest absolute Gasteiger partial charge is 0.295 e. The minimum Gasteiger partial charge on any atom is -0.295 e. The summed E-state index contributed by atoms with van der Waals surface area (Å²) in [5.74, 6) is -4.36. The van der Waals surface area contributed by atoms with E-state index in [1.165, 1.54) is 0 Å². The number of carbonyl (C=O) groups is 1. The van der Waals surface area contributed by atoms with Crippen LogP contribution in [0.2, 0.25) is 0 Å². The van der Waals surface area contributed by atoms with E-state index in [4.69, 9.17) is 0 Å². The number of nitrogens with zero attached hydrogens (tertiary/aromatic N) is 3. The molecule has 0 unspecified atom stereocenters. The number of para-hydroxylation sites is 1. The number of hydrogen-bond acceptors (Lipinski definition) is 5. The number of anilines is 1. The van der Waals surface area contributed by atoms with Crippen molar-refractivity contribution in [2.45, 2.75) is 5.16 Å². The zero-order chi connectivity index (χ0) is 22.5. The predicted molar refractivity (Wildman–Crippen MR) is 116 cm³/mol. The highest BCUT2D eigenvalue weighted by Gasteiger charge is 2.18. The highest BCUT2D eigenvalue weighted by atomic mass is 32.2. The van der Waals surface area contributed by atoms with Gasteiger partial charge >= 0.3 is 0 Å². The Balaban J connectivity index is 1.49. The van der Waals surface area contributed by atoms with Crippen molar-refractivity contribution in [3.05, 3.63) is 90.2 Å². The molecule has 3 aromatic carbocycles. The molecule has 4 aromatic rings. The van der Waals surface area contributed by atoms with E-state index in [2.05, 4.69) is 21.0 Å². The van der Waals surface area contributed by atoms with Crippen molar-refractivity contribution in [2.24, 2.45) is 0 Å². The summed E-state index contributed by atoms with van der Waals surface area (Å²) in [4.78, 5) is 12.2. The van der Waals surface area contributed by atoms with E-state index in [0.29, 0.717) is 11.0 Å². The molecule has 4 rings (SSSR count). The summed E-state index contributed by atoms with van der Waals surface area (Å²) >= 11 is 1.12. The van der Waals surface area contributed by atoms with E-state index in [-0.39, 0.29) is 11.4 Å². The molecule has 1 amide bonds. The van der Waals surface area contributed by atoms with Crippen LogP contribution < -0.4 is 10.9 Å². The third-order valence-corrected chi connectivity index (χ3v) is 5.31. The molecule has 32 heavy (non-hydrogen) atoms. The molecule has 0 spiro atoms. The van der Waals surface area contributed by atoms with Crippen molar-refractivity contribution in [2.75, 3.05) is 11.2 Å². The highest BCUT2D eigenvalue weighted by Crippen LogP contribution is 2.27. The molecule has 162 valence electrons. The van der Waals surface area contributed by atoms with Gasteiger partial charge in [0, 0.05) is 11.3 Å². The molecule has 0 aliphatic rings. The Morgan fingerprint density at radius 2 is 1.56 bits per heavy atom. The number of thioether (sulfide) groups is 1. The minimum atomic E-state index is -1.62. The lowest BCUT2D eigenvalue weighted by Crippen LogP contribution is -2.31. The van der Waals surface area contributed by atoms with Gasteiger partial charge in [0.05, 0.1) is 11.4 Å². The Kier molecular flexibility index (Phi) is 6.41. The summed E-state index contributed by atoms with van der Waals surface area (Å²) in [5.41, 5.74) is 5.80. The Morgan fingerprint density at radius 3 is 2.28 bits per heavy atom. The van der Waals surface area contributed by atoms with Crippen LogP contribution in [0.4, 0.5) is 18.9 Å². The first-order chi connectivity index (χ1) is 15.5. The molecule has 10 heteroatoms. The summed E-state index contributed by atoms with van der Waals surface area (Å²) in [6, 6.07) is 20.7. The summed E-state index contributed by atoms with van der Waals surface area (Å²) in [5, 5.41) is 8.98. The van der Waals surface area contributed by atoms with Gasteiger partial charge in [-0.2, -0.15) is 0 Å². The Morgan fingerprint density at radius 1 is 0.875 bits per heavy atom. The summed E-state index contributed by atoms with van der Waals surface area (Å²) < 4.78 is 41.9. The number of amides is 1. The molecule has 6 nitrogen and oxygen atoms in total. The Bertz CT molecular complexity index is 1240. The number of aromatic nitrogens is 3. The fraction of sp³-hybridized carbons (Fsp3) is 0.0455. The normalized spacial score (nSPS) is 10.7. The number of rotatable bonds is 7. The molecule has 0 fully saturated rings. The zero-order valence-electron chi connectivity index (χ0n) is 16.4. The number of halogens is 3. The van der Waals surface area contributed by atoms with Crippen LogP contribution in [0.5, 0.6) is 0 Å². The number of nitrogens with one attached hydrogen (secondary N) is 2. The molecule has 0 bridgehead atoms. The molecule has 0 atom stereocenters. The average molecular weight is 455 g/mol. The predicted octanol–water partition coefficient (Wildman–Crippen LogP) is 4.59. The van der Waals surface area contributed by atoms with Crippen LogP contribution in [0.1, 0.15) is 0 Å². The highest BCUT2D eigenvalue weighted by molar-refractivity contribution is 7.99. The van der Waals surface area contributed by atoms with Crippen LogP contribution in [0, 0.1) is 17.5 Å². The molecule has 2 N–H and O–H groups in total. The van der Waals surface area contributed by atoms with Gasteiger partial charge < -0.3 is 0 Å². The van der Waals surface area contributed by atoms with E-state index in [1.807, 2.05) is 65.2 Å². The monoisotopic (exact) mass is 455 g/mol. The van der Waals surface area contributed by atoms with Gasteiger partial charge in [-0.15, -0.1) is 10.2 Å². The van der Waals surface area contributed by atoms with Gasteiger partial charge in [0.1, 0.15) is 0 Å². The smallest absolute Gasteiger partial charge is 0.248 e. The molecule has 0 aliphatic carbocycles. The molecule has 0 aliphatic heterocycles. The van der Waals surface area contributed by atoms with E-state index < -0.39 is 23.4 Å². The van der Waals surface area contributed by atoms with E-state index in [0.717, 1.165) is 35.1 Å². The quantitative estimate of drug-likeness (QED) is 0.242. The second-order valence-electron chi connectivity index (χ2n) is 6.53.